The highest BCUT2D eigenvalue weighted by atomic mass is 79.9. The lowest BCUT2D eigenvalue weighted by Gasteiger charge is -2.34. The van der Waals surface area contributed by atoms with E-state index >= 15 is 0 Å². The van der Waals surface area contributed by atoms with Gasteiger partial charge in [0.1, 0.15) is 18.8 Å². The standard InChI is InChI=1S/C15H16BrNO6/c16-10-7-9(8-11-12(10)23-6-5-22-11)13(18)17-15(14(19)20)1-3-21-4-2-15/h7-8H,1-6H2,(H,17,18)(H,19,20). The zero-order valence-corrected chi connectivity index (χ0v) is 13.8. The first-order chi connectivity index (χ1) is 11.0. The van der Waals surface area contributed by atoms with Crippen LogP contribution in [0.25, 0.3) is 0 Å². The van der Waals surface area contributed by atoms with E-state index in [1.165, 1.54) is 0 Å². The molecule has 1 amide bonds. The number of hydrogen-bond donors (Lipinski definition) is 2. The summed E-state index contributed by atoms with van der Waals surface area (Å²) in [6.45, 7) is 1.45. The summed E-state index contributed by atoms with van der Waals surface area (Å²) < 4.78 is 16.8. The maximum Gasteiger partial charge on any atom is 0.329 e. The first kappa shape index (κ1) is 16.1. The van der Waals surface area contributed by atoms with Crippen molar-refractivity contribution in [2.24, 2.45) is 0 Å². The summed E-state index contributed by atoms with van der Waals surface area (Å²) in [5.41, 5.74) is -0.983. The number of carboxylic acids is 1. The third-order valence-corrected chi connectivity index (χ3v) is 4.56. The monoisotopic (exact) mass is 385 g/mol. The van der Waals surface area contributed by atoms with Crippen molar-refractivity contribution >= 4 is 27.8 Å². The van der Waals surface area contributed by atoms with Gasteiger partial charge in [0, 0.05) is 31.6 Å². The van der Waals surface area contributed by atoms with Crippen molar-refractivity contribution in [3.8, 4) is 11.5 Å². The van der Waals surface area contributed by atoms with E-state index in [0.29, 0.717) is 48.0 Å². The van der Waals surface area contributed by atoms with Crippen LogP contribution in [0.1, 0.15) is 23.2 Å². The van der Waals surface area contributed by atoms with Gasteiger partial charge in [0.05, 0.1) is 4.47 Å². The molecule has 2 aliphatic rings. The topological polar surface area (TPSA) is 94.1 Å². The molecular formula is C15H16BrNO6. The highest BCUT2D eigenvalue weighted by molar-refractivity contribution is 9.10. The van der Waals surface area contributed by atoms with Gasteiger partial charge >= 0.3 is 5.97 Å². The fraction of sp³-hybridized carbons (Fsp3) is 0.467. The normalized spacial score (nSPS) is 19.0. The average Bonchev–Trinajstić information content (AvgIpc) is 2.55. The molecule has 23 heavy (non-hydrogen) atoms. The van der Waals surface area contributed by atoms with Crippen LogP contribution in [-0.4, -0.2) is 48.9 Å². The van der Waals surface area contributed by atoms with Crippen molar-refractivity contribution in [2.75, 3.05) is 26.4 Å². The van der Waals surface area contributed by atoms with Crippen molar-refractivity contribution in [3.63, 3.8) is 0 Å². The number of halogens is 1. The van der Waals surface area contributed by atoms with E-state index < -0.39 is 17.4 Å². The molecule has 1 saturated heterocycles. The predicted molar refractivity (Wildman–Crippen MR) is 83.0 cm³/mol. The number of carbonyl (C=O) groups excluding carboxylic acids is 1. The molecule has 0 unspecified atom stereocenters. The smallest absolute Gasteiger partial charge is 0.329 e. The van der Waals surface area contributed by atoms with Gasteiger partial charge in [-0.15, -0.1) is 0 Å². The minimum Gasteiger partial charge on any atom is -0.486 e. The van der Waals surface area contributed by atoms with Crippen LogP contribution in [0.3, 0.4) is 0 Å². The summed E-state index contributed by atoms with van der Waals surface area (Å²) in [5, 5.41) is 12.2. The minimum absolute atomic E-state index is 0.236. The van der Waals surface area contributed by atoms with Gasteiger partial charge < -0.3 is 24.6 Å². The SMILES string of the molecule is O=C(NC1(C(=O)O)CCOCC1)c1cc(Br)c2c(c1)OCCO2. The van der Waals surface area contributed by atoms with Crippen molar-refractivity contribution in [2.45, 2.75) is 18.4 Å². The Bertz CT molecular complexity index is 641. The highest BCUT2D eigenvalue weighted by Crippen LogP contribution is 2.38. The number of nitrogens with one attached hydrogen (secondary N) is 1. The summed E-state index contributed by atoms with van der Waals surface area (Å²) in [4.78, 5) is 24.1. The molecule has 7 nitrogen and oxygen atoms in total. The Labute approximate surface area is 141 Å². The van der Waals surface area contributed by atoms with Gasteiger partial charge in [-0.3, -0.25) is 4.79 Å². The maximum absolute atomic E-state index is 12.5. The van der Waals surface area contributed by atoms with Crippen molar-refractivity contribution in [3.05, 3.63) is 22.2 Å². The van der Waals surface area contributed by atoms with Gasteiger partial charge in [-0.25, -0.2) is 4.79 Å². The first-order valence-corrected chi connectivity index (χ1v) is 8.04. The number of benzene rings is 1. The molecule has 2 aliphatic heterocycles. The van der Waals surface area contributed by atoms with Crippen LogP contribution >= 0.6 is 15.9 Å². The van der Waals surface area contributed by atoms with E-state index in [9.17, 15) is 14.7 Å². The van der Waals surface area contributed by atoms with Gasteiger partial charge in [0.15, 0.2) is 11.5 Å². The Morgan fingerprint density at radius 2 is 1.83 bits per heavy atom. The number of amides is 1. The lowest BCUT2D eigenvalue weighted by molar-refractivity contribution is -0.148. The van der Waals surface area contributed by atoms with Crippen LogP contribution in [0, 0.1) is 0 Å². The van der Waals surface area contributed by atoms with Crippen LogP contribution in [0.4, 0.5) is 0 Å². The highest BCUT2D eigenvalue weighted by Gasteiger charge is 2.42. The number of hydrogen-bond acceptors (Lipinski definition) is 5. The average molecular weight is 386 g/mol. The lowest BCUT2D eigenvalue weighted by atomic mass is 9.89. The van der Waals surface area contributed by atoms with Crippen LogP contribution < -0.4 is 14.8 Å². The zero-order valence-electron chi connectivity index (χ0n) is 12.3. The van der Waals surface area contributed by atoms with Gasteiger partial charge in [0.2, 0.25) is 0 Å². The van der Waals surface area contributed by atoms with Crippen molar-refractivity contribution in [1.29, 1.82) is 0 Å². The molecule has 1 aromatic carbocycles. The molecule has 0 aromatic heterocycles. The van der Waals surface area contributed by atoms with Crippen LogP contribution in [0.5, 0.6) is 11.5 Å². The number of aliphatic carboxylic acids is 1. The lowest BCUT2D eigenvalue weighted by Crippen LogP contribution is -2.57. The van der Waals surface area contributed by atoms with Gasteiger partial charge in [-0.1, -0.05) is 0 Å². The molecule has 3 rings (SSSR count). The second-order valence-electron chi connectivity index (χ2n) is 5.44. The Balaban J connectivity index is 1.85. The second-order valence-corrected chi connectivity index (χ2v) is 6.29. The van der Waals surface area contributed by atoms with E-state index in [4.69, 9.17) is 14.2 Å². The molecule has 2 heterocycles. The quantitative estimate of drug-likeness (QED) is 0.820. The fourth-order valence-corrected chi connectivity index (χ4v) is 3.20. The van der Waals surface area contributed by atoms with Crippen LogP contribution in [0.15, 0.2) is 16.6 Å². The maximum atomic E-state index is 12.5. The van der Waals surface area contributed by atoms with Crippen molar-refractivity contribution < 1.29 is 28.9 Å². The van der Waals surface area contributed by atoms with E-state index in [2.05, 4.69) is 21.2 Å². The second kappa shape index (κ2) is 6.37. The van der Waals surface area contributed by atoms with E-state index in [-0.39, 0.29) is 12.8 Å². The minimum atomic E-state index is -1.30. The van der Waals surface area contributed by atoms with Gasteiger partial charge in [-0.05, 0) is 28.1 Å². The summed E-state index contributed by atoms with van der Waals surface area (Å²) in [6.07, 6.45) is 0.472. The molecule has 1 fully saturated rings. The molecule has 0 spiro atoms. The van der Waals surface area contributed by atoms with Crippen LogP contribution in [0.2, 0.25) is 0 Å². The third kappa shape index (κ3) is 3.13. The summed E-state index contributed by atoms with van der Waals surface area (Å²) in [6, 6.07) is 3.15. The van der Waals surface area contributed by atoms with Gasteiger partial charge in [0.25, 0.3) is 5.91 Å². The molecule has 124 valence electrons. The number of carboxylic acid groups (broad SMARTS) is 1. The molecule has 2 N–H and O–H groups in total. The Hall–Kier alpha value is -1.80. The number of ether oxygens (including phenoxy) is 3. The summed E-state index contributed by atoms with van der Waals surface area (Å²) in [7, 11) is 0. The molecule has 1 aromatic rings. The third-order valence-electron chi connectivity index (χ3n) is 3.97. The summed E-state index contributed by atoms with van der Waals surface area (Å²) >= 11 is 3.35. The number of carbonyl (C=O) groups is 2. The summed E-state index contributed by atoms with van der Waals surface area (Å²) in [5.74, 6) is -0.503. The van der Waals surface area contributed by atoms with E-state index in [1.807, 2.05) is 0 Å². The molecule has 0 bridgehead atoms. The van der Waals surface area contributed by atoms with Crippen LogP contribution in [-0.2, 0) is 9.53 Å². The number of rotatable bonds is 3. The molecular weight excluding hydrogens is 370 g/mol. The Kier molecular flexibility index (Phi) is 4.45. The van der Waals surface area contributed by atoms with Gasteiger partial charge in [-0.2, -0.15) is 0 Å². The Morgan fingerprint density at radius 3 is 2.52 bits per heavy atom. The number of fused-ring (bicyclic) bond motifs is 1. The largest absolute Gasteiger partial charge is 0.486 e. The first-order valence-electron chi connectivity index (χ1n) is 7.25. The zero-order chi connectivity index (χ0) is 16.4. The molecule has 0 saturated carbocycles. The van der Waals surface area contributed by atoms with E-state index in [0.717, 1.165) is 0 Å². The molecule has 0 radical (unpaired) electrons. The van der Waals surface area contributed by atoms with E-state index in [1.54, 1.807) is 12.1 Å². The molecule has 0 aliphatic carbocycles. The fourth-order valence-electron chi connectivity index (χ4n) is 2.64. The predicted octanol–water partition coefficient (Wildman–Crippen LogP) is 1.58. The molecule has 8 heteroatoms. The Morgan fingerprint density at radius 1 is 1.13 bits per heavy atom. The van der Waals surface area contributed by atoms with Crippen molar-refractivity contribution in [1.82, 2.24) is 5.32 Å². The molecule has 0 atom stereocenters.